The summed E-state index contributed by atoms with van der Waals surface area (Å²) in [6.07, 6.45) is 1.99. The van der Waals surface area contributed by atoms with Crippen LogP contribution < -0.4 is 0 Å². The van der Waals surface area contributed by atoms with Crippen molar-refractivity contribution in [2.75, 3.05) is 20.2 Å². The summed E-state index contributed by atoms with van der Waals surface area (Å²) in [4.78, 5) is 16.2. The molecule has 0 atom stereocenters. The van der Waals surface area contributed by atoms with E-state index in [4.69, 9.17) is 4.74 Å². The number of amides is 1. The number of hydrogen-bond acceptors (Lipinski definition) is 4. The summed E-state index contributed by atoms with van der Waals surface area (Å²) in [7, 11) is 1.72. The quantitative estimate of drug-likeness (QED) is 0.868. The predicted molar refractivity (Wildman–Crippen MR) is 91.5 cm³/mol. The summed E-state index contributed by atoms with van der Waals surface area (Å²) in [5.41, 5.74) is 4.28. The van der Waals surface area contributed by atoms with Crippen LogP contribution in [0.2, 0.25) is 0 Å². The number of carbonyl (C=O) groups is 1. The molecule has 1 fully saturated rings. The summed E-state index contributed by atoms with van der Waals surface area (Å²) in [6.45, 7) is 7.32. The van der Waals surface area contributed by atoms with Crippen molar-refractivity contribution in [3.8, 4) is 5.69 Å². The Morgan fingerprint density at radius 3 is 2.50 bits per heavy atom. The van der Waals surface area contributed by atoms with Crippen molar-refractivity contribution in [2.24, 2.45) is 0 Å². The first-order valence-electron chi connectivity index (χ1n) is 8.33. The Labute approximate surface area is 142 Å². The number of likely N-dealkylation sites (tertiary alicyclic amines) is 1. The molecular weight excluding hydrogens is 304 g/mol. The number of piperidine rings is 1. The minimum atomic E-state index is -0.0435. The van der Waals surface area contributed by atoms with Crippen molar-refractivity contribution < 1.29 is 9.53 Å². The van der Waals surface area contributed by atoms with Gasteiger partial charge in [0.25, 0.3) is 5.91 Å². The monoisotopic (exact) mass is 328 g/mol. The first kappa shape index (κ1) is 16.6. The fourth-order valence-corrected chi connectivity index (χ4v) is 3.16. The third-order valence-corrected chi connectivity index (χ3v) is 4.62. The molecule has 6 heteroatoms. The van der Waals surface area contributed by atoms with Crippen LogP contribution in [-0.4, -0.2) is 52.1 Å². The van der Waals surface area contributed by atoms with E-state index in [1.54, 1.807) is 11.9 Å². The highest BCUT2D eigenvalue weighted by atomic mass is 16.5. The maximum Gasteiger partial charge on any atom is 0.276 e. The molecular formula is C18H24N4O2. The lowest BCUT2D eigenvalue weighted by molar-refractivity contribution is 0.0347. The third-order valence-electron chi connectivity index (χ3n) is 4.62. The SMILES string of the molecule is COC1CCN(C(=O)c2nn(-c3ccc(C)cc3C)nc2C)CC1. The molecule has 0 spiro atoms. The normalized spacial score (nSPS) is 15.8. The largest absolute Gasteiger partial charge is 0.381 e. The maximum atomic E-state index is 12.8. The van der Waals surface area contributed by atoms with Crippen LogP contribution in [0.15, 0.2) is 18.2 Å². The number of aryl methyl sites for hydroxylation is 3. The summed E-state index contributed by atoms with van der Waals surface area (Å²) in [6, 6.07) is 6.10. The van der Waals surface area contributed by atoms with Crippen LogP contribution in [0.1, 0.15) is 40.2 Å². The molecule has 2 aromatic rings. The summed E-state index contributed by atoms with van der Waals surface area (Å²) >= 11 is 0. The van der Waals surface area contributed by atoms with E-state index < -0.39 is 0 Å². The molecule has 0 radical (unpaired) electrons. The number of benzene rings is 1. The van der Waals surface area contributed by atoms with Gasteiger partial charge in [-0.05, 0) is 45.2 Å². The van der Waals surface area contributed by atoms with E-state index in [-0.39, 0.29) is 12.0 Å². The Kier molecular flexibility index (Phi) is 4.66. The molecule has 24 heavy (non-hydrogen) atoms. The Morgan fingerprint density at radius 1 is 1.17 bits per heavy atom. The first-order chi connectivity index (χ1) is 11.5. The van der Waals surface area contributed by atoms with Crippen molar-refractivity contribution in [3.63, 3.8) is 0 Å². The number of hydrogen-bond donors (Lipinski definition) is 0. The minimum absolute atomic E-state index is 0.0435. The lowest BCUT2D eigenvalue weighted by atomic mass is 10.1. The second-order valence-electron chi connectivity index (χ2n) is 6.44. The predicted octanol–water partition coefficient (Wildman–Crippen LogP) is 2.44. The minimum Gasteiger partial charge on any atom is -0.381 e. The van der Waals surface area contributed by atoms with Gasteiger partial charge in [-0.1, -0.05) is 17.7 Å². The Balaban J connectivity index is 1.82. The number of carbonyl (C=O) groups excluding carboxylic acids is 1. The highest BCUT2D eigenvalue weighted by Crippen LogP contribution is 2.18. The van der Waals surface area contributed by atoms with Gasteiger partial charge in [0.05, 0.1) is 17.5 Å². The van der Waals surface area contributed by atoms with Crippen LogP contribution in [0.5, 0.6) is 0 Å². The van der Waals surface area contributed by atoms with Crippen LogP contribution in [0.4, 0.5) is 0 Å². The lowest BCUT2D eigenvalue weighted by Gasteiger charge is -2.30. The highest BCUT2D eigenvalue weighted by Gasteiger charge is 2.27. The highest BCUT2D eigenvalue weighted by molar-refractivity contribution is 5.93. The Hall–Kier alpha value is -2.21. The fourth-order valence-electron chi connectivity index (χ4n) is 3.16. The van der Waals surface area contributed by atoms with E-state index >= 15 is 0 Å². The molecule has 1 aliphatic rings. The summed E-state index contributed by atoms with van der Waals surface area (Å²) in [5.74, 6) is -0.0435. The third kappa shape index (κ3) is 3.19. The van der Waals surface area contributed by atoms with Crippen molar-refractivity contribution in [1.29, 1.82) is 0 Å². The van der Waals surface area contributed by atoms with Gasteiger partial charge in [0.15, 0.2) is 5.69 Å². The van der Waals surface area contributed by atoms with Gasteiger partial charge in [-0.2, -0.15) is 9.90 Å². The number of methoxy groups -OCH3 is 1. The molecule has 1 amide bonds. The molecule has 0 N–H and O–H groups in total. The zero-order valence-electron chi connectivity index (χ0n) is 14.7. The number of aromatic nitrogens is 3. The Morgan fingerprint density at radius 2 is 1.88 bits per heavy atom. The molecule has 6 nitrogen and oxygen atoms in total. The molecule has 2 heterocycles. The van der Waals surface area contributed by atoms with Crippen molar-refractivity contribution >= 4 is 5.91 Å². The lowest BCUT2D eigenvalue weighted by Crippen LogP contribution is -2.41. The molecule has 0 saturated carbocycles. The van der Waals surface area contributed by atoms with Gasteiger partial charge in [-0.25, -0.2) is 0 Å². The van der Waals surface area contributed by atoms with E-state index in [9.17, 15) is 4.79 Å². The van der Waals surface area contributed by atoms with Crippen LogP contribution >= 0.6 is 0 Å². The summed E-state index contributed by atoms with van der Waals surface area (Å²) in [5, 5.41) is 8.92. The molecule has 0 aliphatic carbocycles. The van der Waals surface area contributed by atoms with Gasteiger partial charge < -0.3 is 9.64 Å². The zero-order chi connectivity index (χ0) is 17.3. The molecule has 1 saturated heterocycles. The topological polar surface area (TPSA) is 60.2 Å². The molecule has 1 aromatic heterocycles. The molecule has 0 bridgehead atoms. The van der Waals surface area contributed by atoms with Gasteiger partial charge in [-0.15, -0.1) is 5.10 Å². The molecule has 0 unspecified atom stereocenters. The van der Waals surface area contributed by atoms with Crippen LogP contribution in [0.25, 0.3) is 5.69 Å². The number of nitrogens with zero attached hydrogens (tertiary/aromatic N) is 4. The molecule has 3 rings (SSSR count). The second-order valence-corrected chi connectivity index (χ2v) is 6.44. The smallest absolute Gasteiger partial charge is 0.276 e. The second kappa shape index (κ2) is 6.73. The van der Waals surface area contributed by atoms with E-state index in [0.717, 1.165) is 24.1 Å². The van der Waals surface area contributed by atoms with Crippen molar-refractivity contribution in [3.05, 3.63) is 40.7 Å². The van der Waals surface area contributed by atoms with Gasteiger partial charge >= 0.3 is 0 Å². The van der Waals surface area contributed by atoms with E-state index in [2.05, 4.69) is 23.2 Å². The van der Waals surface area contributed by atoms with Gasteiger partial charge in [0, 0.05) is 20.2 Å². The van der Waals surface area contributed by atoms with Crippen molar-refractivity contribution in [1.82, 2.24) is 19.9 Å². The molecule has 1 aliphatic heterocycles. The van der Waals surface area contributed by atoms with Gasteiger partial charge in [-0.3, -0.25) is 4.79 Å². The molecule has 128 valence electrons. The van der Waals surface area contributed by atoms with Crippen LogP contribution in [-0.2, 0) is 4.74 Å². The average Bonchev–Trinajstić information content (AvgIpc) is 2.95. The van der Waals surface area contributed by atoms with Crippen LogP contribution in [0, 0.1) is 20.8 Å². The van der Waals surface area contributed by atoms with E-state index in [1.807, 2.05) is 30.9 Å². The maximum absolute atomic E-state index is 12.8. The van der Waals surface area contributed by atoms with E-state index in [1.165, 1.54) is 5.56 Å². The number of rotatable bonds is 3. The van der Waals surface area contributed by atoms with Crippen molar-refractivity contribution in [2.45, 2.75) is 39.7 Å². The van der Waals surface area contributed by atoms with Gasteiger partial charge in [0.2, 0.25) is 0 Å². The van der Waals surface area contributed by atoms with Crippen LogP contribution in [0.3, 0.4) is 0 Å². The zero-order valence-corrected chi connectivity index (χ0v) is 14.7. The Bertz CT molecular complexity index is 745. The standard InChI is InChI=1S/C18H24N4O2/c1-12-5-6-16(13(2)11-12)22-19-14(3)17(20-22)18(23)21-9-7-15(24-4)8-10-21/h5-6,11,15H,7-10H2,1-4H3. The average molecular weight is 328 g/mol. The van der Waals surface area contributed by atoms with E-state index in [0.29, 0.717) is 24.5 Å². The first-order valence-corrected chi connectivity index (χ1v) is 8.33. The van der Waals surface area contributed by atoms with Gasteiger partial charge in [0.1, 0.15) is 0 Å². The fraction of sp³-hybridized carbons (Fsp3) is 0.500. The number of ether oxygens (including phenoxy) is 1. The molecule has 1 aromatic carbocycles. The summed E-state index contributed by atoms with van der Waals surface area (Å²) < 4.78 is 5.36.